The normalized spacial score (nSPS) is 17.4. The minimum absolute atomic E-state index is 0.0304. The van der Waals surface area contributed by atoms with Gasteiger partial charge in [-0.1, -0.05) is 38.1 Å². The van der Waals surface area contributed by atoms with E-state index in [9.17, 15) is 13.2 Å². The Labute approximate surface area is 160 Å². The zero-order chi connectivity index (χ0) is 19.6. The summed E-state index contributed by atoms with van der Waals surface area (Å²) in [5.74, 6) is 0.411. The summed E-state index contributed by atoms with van der Waals surface area (Å²) in [4.78, 5) is 13.9. The molecule has 0 aliphatic carbocycles. The number of carbonyl (C=O) groups is 1. The number of ether oxygens (including phenoxy) is 1. The molecule has 1 heterocycles. The summed E-state index contributed by atoms with van der Waals surface area (Å²) in [5, 5.41) is 0. The Kier molecular flexibility index (Phi) is 5.53. The van der Waals surface area contributed by atoms with Gasteiger partial charge < -0.3 is 4.74 Å². The van der Waals surface area contributed by atoms with E-state index in [0.29, 0.717) is 12.5 Å². The summed E-state index contributed by atoms with van der Waals surface area (Å²) < 4.78 is 32.7. The number of cyclic esters (lactones) is 1. The fourth-order valence-electron chi connectivity index (χ4n) is 2.95. The molecule has 1 aliphatic rings. The highest BCUT2D eigenvalue weighted by molar-refractivity contribution is 7.89. The second-order valence-corrected chi connectivity index (χ2v) is 8.80. The second kappa shape index (κ2) is 7.70. The molecule has 1 unspecified atom stereocenters. The third kappa shape index (κ3) is 4.48. The number of anilines is 1. The Hall–Kier alpha value is -2.38. The Balaban J connectivity index is 1.64. The van der Waals surface area contributed by atoms with Crippen LogP contribution in [0.25, 0.3) is 0 Å². The van der Waals surface area contributed by atoms with Crippen molar-refractivity contribution in [1.82, 2.24) is 4.72 Å². The minimum atomic E-state index is -3.64. The Morgan fingerprint density at radius 3 is 2.52 bits per heavy atom. The fourth-order valence-corrected chi connectivity index (χ4v) is 4.12. The van der Waals surface area contributed by atoms with Crippen LogP contribution in [-0.2, 0) is 14.8 Å². The first-order valence-electron chi connectivity index (χ1n) is 8.91. The van der Waals surface area contributed by atoms with Crippen molar-refractivity contribution in [2.75, 3.05) is 18.0 Å². The number of amides is 1. The average molecular weight is 388 g/mol. The standard InChI is InChI=1S/C20H24N2O4S/c1-14(2)16-7-9-17(10-8-16)22-13-18(26-20(22)23)12-21-27(24,25)19-6-4-5-15(3)11-19/h4-11,14,18,21H,12-13H2,1-3H3. The lowest BCUT2D eigenvalue weighted by atomic mass is 10.0. The molecule has 7 heteroatoms. The lowest BCUT2D eigenvalue weighted by molar-refractivity contribution is 0.143. The molecular formula is C20H24N2O4S. The van der Waals surface area contributed by atoms with Gasteiger partial charge in [0.15, 0.2) is 0 Å². The first kappa shape index (κ1) is 19.4. The van der Waals surface area contributed by atoms with Crippen LogP contribution in [0.15, 0.2) is 53.4 Å². The van der Waals surface area contributed by atoms with E-state index < -0.39 is 22.2 Å². The first-order chi connectivity index (χ1) is 12.8. The average Bonchev–Trinajstić information content (AvgIpc) is 3.01. The van der Waals surface area contributed by atoms with Crippen molar-refractivity contribution < 1.29 is 17.9 Å². The zero-order valence-electron chi connectivity index (χ0n) is 15.7. The molecule has 0 bridgehead atoms. The molecule has 2 aromatic rings. The molecule has 1 aliphatic heterocycles. The van der Waals surface area contributed by atoms with Crippen molar-refractivity contribution in [2.45, 2.75) is 37.7 Å². The van der Waals surface area contributed by atoms with E-state index in [-0.39, 0.29) is 11.4 Å². The van der Waals surface area contributed by atoms with Gasteiger partial charge in [0.25, 0.3) is 0 Å². The van der Waals surface area contributed by atoms with Gasteiger partial charge in [0.05, 0.1) is 11.4 Å². The predicted molar refractivity (Wildman–Crippen MR) is 105 cm³/mol. The largest absolute Gasteiger partial charge is 0.443 e. The molecule has 2 aromatic carbocycles. The van der Waals surface area contributed by atoms with Gasteiger partial charge in [-0.3, -0.25) is 4.90 Å². The molecule has 1 atom stereocenters. The van der Waals surface area contributed by atoms with Gasteiger partial charge in [0, 0.05) is 12.2 Å². The molecule has 6 nitrogen and oxygen atoms in total. The quantitative estimate of drug-likeness (QED) is 0.823. The van der Waals surface area contributed by atoms with E-state index >= 15 is 0 Å². The van der Waals surface area contributed by atoms with Gasteiger partial charge >= 0.3 is 6.09 Å². The lowest BCUT2D eigenvalue weighted by Gasteiger charge is -2.14. The number of carbonyl (C=O) groups excluding carboxylic acids is 1. The zero-order valence-corrected chi connectivity index (χ0v) is 16.5. The van der Waals surface area contributed by atoms with Crippen LogP contribution in [0.5, 0.6) is 0 Å². The number of nitrogens with zero attached hydrogens (tertiary/aromatic N) is 1. The summed E-state index contributed by atoms with van der Waals surface area (Å²) in [6.45, 7) is 6.38. The van der Waals surface area contributed by atoms with Crippen LogP contribution in [0.2, 0.25) is 0 Å². The highest BCUT2D eigenvalue weighted by Crippen LogP contribution is 2.24. The molecule has 3 rings (SSSR count). The molecule has 0 spiro atoms. The summed E-state index contributed by atoms with van der Waals surface area (Å²) >= 11 is 0. The van der Waals surface area contributed by atoms with Crippen LogP contribution in [0.3, 0.4) is 0 Å². The van der Waals surface area contributed by atoms with Crippen LogP contribution in [-0.4, -0.2) is 33.7 Å². The highest BCUT2D eigenvalue weighted by atomic mass is 32.2. The third-order valence-corrected chi connectivity index (χ3v) is 5.97. The predicted octanol–water partition coefficient (Wildman–Crippen LogP) is 3.42. The van der Waals surface area contributed by atoms with Gasteiger partial charge in [-0.25, -0.2) is 17.9 Å². The van der Waals surface area contributed by atoms with Crippen molar-refractivity contribution >= 4 is 21.8 Å². The number of nitrogens with one attached hydrogen (secondary N) is 1. The van der Waals surface area contributed by atoms with Crippen molar-refractivity contribution in [3.05, 3.63) is 59.7 Å². The van der Waals surface area contributed by atoms with Gasteiger partial charge in [-0.05, 0) is 48.2 Å². The van der Waals surface area contributed by atoms with E-state index in [0.717, 1.165) is 11.3 Å². The molecule has 1 N–H and O–H groups in total. The fraction of sp³-hybridized carbons (Fsp3) is 0.350. The summed E-state index contributed by atoms with van der Waals surface area (Å²) in [6, 6.07) is 14.4. The van der Waals surface area contributed by atoms with Crippen molar-refractivity contribution in [3.8, 4) is 0 Å². The Morgan fingerprint density at radius 2 is 1.89 bits per heavy atom. The summed E-state index contributed by atoms with van der Waals surface area (Å²) in [7, 11) is -3.64. The maximum atomic E-state index is 12.4. The van der Waals surface area contributed by atoms with E-state index in [1.807, 2.05) is 37.3 Å². The van der Waals surface area contributed by atoms with E-state index in [4.69, 9.17) is 4.74 Å². The SMILES string of the molecule is Cc1cccc(S(=O)(=O)NCC2CN(c3ccc(C(C)C)cc3)C(=O)O2)c1. The number of hydrogen-bond acceptors (Lipinski definition) is 4. The van der Waals surface area contributed by atoms with Gasteiger partial charge in [0.2, 0.25) is 10.0 Å². The van der Waals surface area contributed by atoms with Gasteiger partial charge in [-0.2, -0.15) is 0 Å². The van der Waals surface area contributed by atoms with Crippen LogP contribution in [0, 0.1) is 6.92 Å². The van der Waals surface area contributed by atoms with Crippen molar-refractivity contribution in [3.63, 3.8) is 0 Å². The Morgan fingerprint density at radius 1 is 1.19 bits per heavy atom. The number of rotatable bonds is 6. The van der Waals surface area contributed by atoms with Crippen LogP contribution in [0.4, 0.5) is 10.5 Å². The molecule has 1 amide bonds. The number of benzene rings is 2. The number of hydrogen-bond donors (Lipinski definition) is 1. The van der Waals surface area contributed by atoms with E-state index in [2.05, 4.69) is 18.6 Å². The molecule has 0 saturated carbocycles. The molecule has 0 radical (unpaired) electrons. The molecule has 1 fully saturated rings. The van der Waals surface area contributed by atoms with Gasteiger partial charge in [0.1, 0.15) is 6.10 Å². The first-order valence-corrected chi connectivity index (χ1v) is 10.4. The highest BCUT2D eigenvalue weighted by Gasteiger charge is 2.33. The van der Waals surface area contributed by atoms with Crippen LogP contribution < -0.4 is 9.62 Å². The van der Waals surface area contributed by atoms with Crippen LogP contribution >= 0.6 is 0 Å². The smallest absolute Gasteiger partial charge is 0.414 e. The van der Waals surface area contributed by atoms with Crippen LogP contribution in [0.1, 0.15) is 30.9 Å². The molecular weight excluding hydrogens is 364 g/mol. The van der Waals surface area contributed by atoms with Crippen molar-refractivity contribution in [1.29, 1.82) is 0 Å². The molecule has 144 valence electrons. The number of aryl methyl sites for hydroxylation is 1. The maximum absolute atomic E-state index is 12.4. The molecule has 27 heavy (non-hydrogen) atoms. The molecule has 0 aromatic heterocycles. The lowest BCUT2D eigenvalue weighted by Crippen LogP contribution is -2.34. The van der Waals surface area contributed by atoms with Gasteiger partial charge in [-0.15, -0.1) is 0 Å². The second-order valence-electron chi connectivity index (χ2n) is 7.03. The third-order valence-electron chi connectivity index (χ3n) is 4.55. The minimum Gasteiger partial charge on any atom is -0.443 e. The monoisotopic (exact) mass is 388 g/mol. The maximum Gasteiger partial charge on any atom is 0.414 e. The summed E-state index contributed by atoms with van der Waals surface area (Å²) in [5.41, 5.74) is 2.79. The van der Waals surface area contributed by atoms with E-state index in [1.54, 1.807) is 18.2 Å². The van der Waals surface area contributed by atoms with Crippen molar-refractivity contribution in [2.24, 2.45) is 0 Å². The molecule has 1 saturated heterocycles. The number of sulfonamides is 1. The topological polar surface area (TPSA) is 75.7 Å². The Bertz CT molecular complexity index is 923. The van der Waals surface area contributed by atoms with E-state index in [1.165, 1.54) is 10.5 Å². The summed E-state index contributed by atoms with van der Waals surface area (Å²) in [6.07, 6.45) is -1.01.